The number of nitrogens with one attached hydrogen (secondary N) is 2. The number of hydrogen-bond acceptors (Lipinski definition) is 6. The van der Waals surface area contributed by atoms with Gasteiger partial charge in [0.15, 0.2) is 5.69 Å². The normalized spacial score (nSPS) is 15.6. The van der Waals surface area contributed by atoms with Gasteiger partial charge in [-0.2, -0.15) is 5.26 Å². The molecule has 7 nitrogen and oxygen atoms in total. The van der Waals surface area contributed by atoms with Gasteiger partial charge in [-0.25, -0.2) is 4.68 Å². The largest absolute Gasteiger partial charge is 0.317 e. The topological polar surface area (TPSA) is 95.6 Å². The quantitative estimate of drug-likeness (QED) is 0.893. The van der Waals surface area contributed by atoms with Gasteiger partial charge in [-0.15, -0.1) is 16.4 Å². The van der Waals surface area contributed by atoms with Crippen molar-refractivity contribution < 1.29 is 4.79 Å². The minimum atomic E-state index is -0.339. The molecule has 3 heterocycles. The zero-order valence-electron chi connectivity index (χ0n) is 11.2. The van der Waals surface area contributed by atoms with Crippen molar-refractivity contribution in [2.45, 2.75) is 18.9 Å². The van der Waals surface area contributed by atoms with E-state index < -0.39 is 0 Å². The number of amides is 1. The molecule has 1 saturated heterocycles. The molecule has 0 atom stereocenters. The van der Waals surface area contributed by atoms with Crippen LogP contribution in [-0.4, -0.2) is 34.0 Å². The summed E-state index contributed by atoms with van der Waals surface area (Å²) in [6, 6.07) is 4.00. The van der Waals surface area contributed by atoms with E-state index in [1.165, 1.54) is 11.3 Å². The number of thiophene rings is 1. The molecule has 3 rings (SSSR count). The Kier molecular flexibility index (Phi) is 3.94. The molecule has 21 heavy (non-hydrogen) atoms. The molecule has 0 aliphatic carbocycles. The summed E-state index contributed by atoms with van der Waals surface area (Å²) in [4.78, 5) is 12.1. The molecule has 0 bridgehead atoms. The van der Waals surface area contributed by atoms with E-state index in [0.29, 0.717) is 10.6 Å². The molecule has 2 aromatic rings. The maximum absolute atomic E-state index is 12.1. The number of piperidine rings is 1. The first-order valence-electron chi connectivity index (χ1n) is 6.69. The Morgan fingerprint density at radius 3 is 3.10 bits per heavy atom. The molecule has 1 amide bonds. The highest BCUT2D eigenvalue weighted by atomic mass is 32.1. The number of rotatable bonds is 3. The van der Waals surface area contributed by atoms with Crippen LogP contribution in [0.15, 0.2) is 17.6 Å². The first kappa shape index (κ1) is 13.7. The number of anilines is 1. The van der Waals surface area contributed by atoms with Crippen LogP contribution < -0.4 is 10.6 Å². The fraction of sp³-hybridized carbons (Fsp3) is 0.385. The maximum atomic E-state index is 12.1. The fourth-order valence-corrected chi connectivity index (χ4v) is 3.02. The van der Waals surface area contributed by atoms with Crippen molar-refractivity contribution in [3.63, 3.8) is 0 Å². The molecular weight excluding hydrogens is 288 g/mol. The zero-order chi connectivity index (χ0) is 14.7. The Morgan fingerprint density at radius 2 is 2.33 bits per heavy atom. The predicted octanol–water partition coefficient (Wildman–Crippen LogP) is 1.39. The molecule has 108 valence electrons. The van der Waals surface area contributed by atoms with E-state index >= 15 is 0 Å². The van der Waals surface area contributed by atoms with Crippen LogP contribution in [0.5, 0.6) is 0 Å². The van der Waals surface area contributed by atoms with E-state index in [0.717, 1.165) is 25.9 Å². The second-order valence-electron chi connectivity index (χ2n) is 4.79. The molecule has 0 aromatic carbocycles. The van der Waals surface area contributed by atoms with Crippen LogP contribution in [0, 0.1) is 11.3 Å². The third-order valence-corrected chi connectivity index (χ3v) is 4.27. The van der Waals surface area contributed by atoms with Crippen LogP contribution in [0.4, 0.5) is 5.00 Å². The van der Waals surface area contributed by atoms with Gasteiger partial charge in [0.2, 0.25) is 0 Å². The van der Waals surface area contributed by atoms with Crippen LogP contribution >= 0.6 is 11.3 Å². The van der Waals surface area contributed by atoms with Crippen molar-refractivity contribution >= 4 is 22.2 Å². The van der Waals surface area contributed by atoms with E-state index in [1.54, 1.807) is 22.3 Å². The Morgan fingerprint density at radius 1 is 1.52 bits per heavy atom. The lowest BCUT2D eigenvalue weighted by atomic mass is 10.1. The Hall–Kier alpha value is -2.24. The van der Waals surface area contributed by atoms with E-state index in [-0.39, 0.29) is 17.6 Å². The highest BCUT2D eigenvalue weighted by molar-refractivity contribution is 7.14. The second-order valence-corrected chi connectivity index (χ2v) is 5.71. The van der Waals surface area contributed by atoms with Gasteiger partial charge >= 0.3 is 0 Å². The smallest absolute Gasteiger partial charge is 0.278 e. The summed E-state index contributed by atoms with van der Waals surface area (Å²) in [5.41, 5.74) is 0.727. The van der Waals surface area contributed by atoms with E-state index in [9.17, 15) is 4.79 Å². The van der Waals surface area contributed by atoms with Gasteiger partial charge in [-0.05, 0) is 37.4 Å². The molecule has 1 fully saturated rings. The zero-order valence-corrected chi connectivity index (χ0v) is 12.1. The lowest BCUT2D eigenvalue weighted by molar-refractivity contribution is 0.102. The van der Waals surface area contributed by atoms with Gasteiger partial charge in [0, 0.05) is 0 Å². The van der Waals surface area contributed by atoms with E-state index in [2.05, 4.69) is 20.9 Å². The summed E-state index contributed by atoms with van der Waals surface area (Å²) in [5, 5.41) is 25.2. The Balaban J connectivity index is 1.71. The van der Waals surface area contributed by atoms with Gasteiger partial charge in [0.05, 0.1) is 17.8 Å². The number of carbonyl (C=O) groups excluding carboxylic acids is 1. The lowest BCUT2D eigenvalue weighted by Crippen LogP contribution is -2.29. The molecule has 0 spiro atoms. The van der Waals surface area contributed by atoms with Crippen molar-refractivity contribution in [3.8, 4) is 6.07 Å². The highest BCUT2D eigenvalue weighted by Gasteiger charge is 2.19. The lowest BCUT2D eigenvalue weighted by Gasteiger charge is -2.22. The van der Waals surface area contributed by atoms with Crippen molar-refractivity contribution in [1.29, 1.82) is 5.26 Å². The number of nitriles is 1. The molecule has 2 aromatic heterocycles. The molecule has 1 aliphatic heterocycles. The average molecular weight is 302 g/mol. The molecule has 2 N–H and O–H groups in total. The second kappa shape index (κ2) is 6.03. The van der Waals surface area contributed by atoms with Crippen LogP contribution in [0.2, 0.25) is 0 Å². The molecule has 8 heteroatoms. The third-order valence-electron chi connectivity index (χ3n) is 3.44. The first-order chi connectivity index (χ1) is 10.3. The van der Waals surface area contributed by atoms with Crippen molar-refractivity contribution in [2.75, 3.05) is 18.4 Å². The van der Waals surface area contributed by atoms with Crippen LogP contribution in [0.3, 0.4) is 0 Å². The SMILES string of the molecule is N#Cc1ccsc1NC(=O)c1cn(C2CCNCC2)nn1. The molecular formula is C13H14N6OS. The summed E-state index contributed by atoms with van der Waals surface area (Å²) in [7, 11) is 0. The van der Waals surface area contributed by atoms with Crippen LogP contribution in [0.1, 0.15) is 34.9 Å². The van der Waals surface area contributed by atoms with Gasteiger partial charge < -0.3 is 10.6 Å². The summed E-state index contributed by atoms with van der Waals surface area (Å²) < 4.78 is 1.76. The summed E-state index contributed by atoms with van der Waals surface area (Å²) >= 11 is 1.31. The van der Waals surface area contributed by atoms with Gasteiger partial charge in [0.1, 0.15) is 11.1 Å². The monoisotopic (exact) mass is 302 g/mol. The number of carbonyl (C=O) groups is 1. The van der Waals surface area contributed by atoms with Gasteiger partial charge in [0.25, 0.3) is 5.91 Å². The average Bonchev–Trinajstić information content (AvgIpc) is 3.17. The van der Waals surface area contributed by atoms with Crippen LogP contribution in [-0.2, 0) is 0 Å². The van der Waals surface area contributed by atoms with Gasteiger partial charge in [-0.1, -0.05) is 5.21 Å². The van der Waals surface area contributed by atoms with E-state index in [1.807, 2.05) is 6.07 Å². The Labute approximate surface area is 125 Å². The summed E-state index contributed by atoms with van der Waals surface area (Å²) in [6.45, 7) is 1.90. The van der Waals surface area contributed by atoms with Crippen molar-refractivity contribution in [2.24, 2.45) is 0 Å². The number of hydrogen-bond donors (Lipinski definition) is 2. The Bertz CT molecular complexity index is 679. The van der Waals surface area contributed by atoms with Gasteiger partial charge in [-0.3, -0.25) is 4.79 Å². The maximum Gasteiger partial charge on any atom is 0.278 e. The molecule has 0 radical (unpaired) electrons. The predicted molar refractivity (Wildman–Crippen MR) is 78.1 cm³/mol. The minimum Gasteiger partial charge on any atom is -0.317 e. The van der Waals surface area contributed by atoms with E-state index in [4.69, 9.17) is 5.26 Å². The minimum absolute atomic E-state index is 0.269. The number of aromatic nitrogens is 3. The summed E-state index contributed by atoms with van der Waals surface area (Å²) in [5.74, 6) is -0.339. The third kappa shape index (κ3) is 2.94. The standard InChI is InChI=1S/C13H14N6OS/c14-7-9-3-6-21-13(9)16-12(20)11-8-19(18-17-11)10-1-4-15-5-2-10/h3,6,8,10,15H,1-2,4-5H2,(H,16,20). The first-order valence-corrected chi connectivity index (χ1v) is 7.57. The molecule has 1 aliphatic rings. The van der Waals surface area contributed by atoms with Crippen molar-refractivity contribution in [3.05, 3.63) is 28.9 Å². The number of nitrogens with zero attached hydrogens (tertiary/aromatic N) is 4. The van der Waals surface area contributed by atoms with Crippen molar-refractivity contribution in [1.82, 2.24) is 20.3 Å². The highest BCUT2D eigenvalue weighted by Crippen LogP contribution is 2.23. The molecule has 0 saturated carbocycles. The molecule has 0 unspecified atom stereocenters. The fourth-order valence-electron chi connectivity index (χ4n) is 2.29. The van der Waals surface area contributed by atoms with Crippen LogP contribution in [0.25, 0.3) is 0 Å². The summed E-state index contributed by atoms with van der Waals surface area (Å²) in [6.07, 6.45) is 3.63.